The summed E-state index contributed by atoms with van der Waals surface area (Å²) in [4.78, 5) is 20.8. The molecule has 2 aromatic heterocycles. The fourth-order valence-electron chi connectivity index (χ4n) is 3.43. The topological polar surface area (TPSA) is 73.3 Å². The van der Waals surface area contributed by atoms with Crippen molar-refractivity contribution in [2.45, 2.75) is 33.1 Å². The third-order valence-corrected chi connectivity index (χ3v) is 5.16. The Hall–Kier alpha value is -3.81. The lowest BCUT2D eigenvalue weighted by molar-refractivity contribution is -0.115. The van der Waals surface area contributed by atoms with Gasteiger partial charge in [-0.15, -0.1) is 0 Å². The van der Waals surface area contributed by atoms with Crippen LogP contribution in [0.3, 0.4) is 0 Å². The molecule has 1 amide bonds. The summed E-state index contributed by atoms with van der Waals surface area (Å²) in [5.74, 6) is -3.12. The van der Waals surface area contributed by atoms with Gasteiger partial charge in [-0.25, -0.2) is 13.8 Å². The zero-order valence-corrected chi connectivity index (χ0v) is 19.6. The zero-order chi connectivity index (χ0) is 24.9. The van der Waals surface area contributed by atoms with Crippen LogP contribution in [-0.4, -0.2) is 29.6 Å². The van der Waals surface area contributed by atoms with Crippen LogP contribution in [0.1, 0.15) is 36.2 Å². The number of amides is 1. The first-order valence-electron chi connectivity index (χ1n) is 10.7. The molecule has 34 heavy (non-hydrogen) atoms. The molecule has 3 aromatic rings. The van der Waals surface area contributed by atoms with Gasteiger partial charge in [-0.05, 0) is 37.1 Å². The molecule has 0 aliphatic heterocycles. The van der Waals surface area contributed by atoms with Crippen LogP contribution >= 0.6 is 0 Å². The summed E-state index contributed by atoms with van der Waals surface area (Å²) in [5.41, 5.74) is 4.04. The summed E-state index contributed by atoms with van der Waals surface area (Å²) in [5, 5.41) is 2.61. The number of hydrogen-bond donors (Lipinski definition) is 1. The molecule has 178 valence electrons. The number of carbonyl (C=O) groups excluding carboxylic acids is 1. The molecule has 0 bridgehead atoms. The van der Waals surface area contributed by atoms with Crippen molar-refractivity contribution in [3.8, 4) is 17.0 Å². The second kappa shape index (κ2) is 10.4. The molecular weight excluding hydrogens is 440 g/mol. The third-order valence-electron chi connectivity index (χ3n) is 5.16. The number of alkyl halides is 2. The minimum absolute atomic E-state index is 0.0721. The van der Waals surface area contributed by atoms with E-state index in [1.165, 1.54) is 19.4 Å². The molecule has 2 heterocycles. The Labute approximate surface area is 197 Å². The monoisotopic (exact) mass is 467 g/mol. The average molecular weight is 468 g/mol. The maximum Gasteiger partial charge on any atom is 0.275 e. The van der Waals surface area contributed by atoms with E-state index in [1.54, 1.807) is 6.20 Å². The number of nitrogens with zero attached hydrogens (tertiary/aromatic N) is 2. The number of carbonyl (C=O) groups is 1. The maximum absolute atomic E-state index is 13.8. The Balaban J connectivity index is 1.71. The smallest absolute Gasteiger partial charge is 0.275 e. The molecule has 0 unspecified atom stereocenters. The molecule has 0 aliphatic carbocycles. The molecule has 0 spiro atoms. The number of pyridine rings is 2. The first-order chi connectivity index (χ1) is 16.1. The molecule has 1 aromatic carbocycles. The Morgan fingerprint density at radius 3 is 2.44 bits per heavy atom. The van der Waals surface area contributed by atoms with Crippen molar-refractivity contribution in [2.24, 2.45) is 0 Å². The van der Waals surface area contributed by atoms with E-state index >= 15 is 0 Å². The summed E-state index contributed by atoms with van der Waals surface area (Å²) >= 11 is 0. The van der Waals surface area contributed by atoms with Crippen molar-refractivity contribution in [3.05, 3.63) is 77.8 Å². The van der Waals surface area contributed by atoms with Crippen LogP contribution in [0.4, 0.5) is 14.5 Å². The average Bonchev–Trinajstić information content (AvgIpc) is 2.79. The van der Waals surface area contributed by atoms with E-state index in [1.807, 2.05) is 44.2 Å². The first-order valence-corrected chi connectivity index (χ1v) is 10.7. The van der Waals surface area contributed by atoms with E-state index in [2.05, 4.69) is 21.9 Å². The van der Waals surface area contributed by atoms with E-state index in [0.29, 0.717) is 12.4 Å². The van der Waals surface area contributed by atoms with Gasteiger partial charge in [0.15, 0.2) is 0 Å². The van der Waals surface area contributed by atoms with Crippen LogP contribution in [0.15, 0.2) is 55.4 Å². The minimum atomic E-state index is -3.16. The number of benzene rings is 1. The van der Waals surface area contributed by atoms with Gasteiger partial charge < -0.3 is 14.8 Å². The Morgan fingerprint density at radius 1 is 1.12 bits per heavy atom. The number of hydrogen-bond acceptors (Lipinski definition) is 5. The van der Waals surface area contributed by atoms with Gasteiger partial charge in [0, 0.05) is 29.9 Å². The number of rotatable bonds is 9. The van der Waals surface area contributed by atoms with Crippen molar-refractivity contribution in [1.82, 2.24) is 9.97 Å². The van der Waals surface area contributed by atoms with Gasteiger partial charge in [0.1, 0.15) is 5.76 Å². The van der Waals surface area contributed by atoms with E-state index in [9.17, 15) is 13.6 Å². The predicted octanol–water partition coefficient (Wildman–Crippen LogP) is 5.76. The van der Waals surface area contributed by atoms with Gasteiger partial charge in [0.2, 0.25) is 11.8 Å². The van der Waals surface area contributed by atoms with E-state index in [-0.39, 0.29) is 23.9 Å². The summed E-state index contributed by atoms with van der Waals surface area (Å²) in [6.07, 6.45) is 3.13. The quantitative estimate of drug-likeness (QED) is 0.405. The number of anilines is 1. The summed E-state index contributed by atoms with van der Waals surface area (Å²) in [6, 6.07) is 10.6. The fourth-order valence-corrected chi connectivity index (χ4v) is 3.43. The zero-order valence-electron chi connectivity index (χ0n) is 19.6. The van der Waals surface area contributed by atoms with Crippen LogP contribution in [0, 0.1) is 6.92 Å². The van der Waals surface area contributed by atoms with Crippen molar-refractivity contribution in [1.29, 1.82) is 0 Å². The van der Waals surface area contributed by atoms with E-state index in [0.717, 1.165) is 34.9 Å². The van der Waals surface area contributed by atoms with Crippen molar-refractivity contribution < 1.29 is 23.0 Å². The van der Waals surface area contributed by atoms with Gasteiger partial charge in [-0.3, -0.25) is 9.78 Å². The Bertz CT molecular complexity index is 1190. The van der Waals surface area contributed by atoms with Crippen LogP contribution in [0.2, 0.25) is 0 Å². The van der Waals surface area contributed by atoms with Crippen LogP contribution in [0.5, 0.6) is 5.88 Å². The number of halogens is 2. The van der Waals surface area contributed by atoms with Gasteiger partial charge >= 0.3 is 0 Å². The summed E-state index contributed by atoms with van der Waals surface area (Å²) < 4.78 is 38.1. The standard InChI is InChI=1S/C26H27F2N3O3/c1-6-34-17(3)22-12-20(14-29-16(22)2)19-9-7-18(8-10-19)11-24(32)31-21-13-23(26(4,27)28)25(33-5)30-15-21/h7-10,12-15H,3,6,11H2,1-2,4-5H3,(H,31,32). The van der Waals surface area contributed by atoms with Crippen molar-refractivity contribution >= 4 is 17.4 Å². The van der Waals surface area contributed by atoms with Gasteiger partial charge in [0.25, 0.3) is 5.92 Å². The lowest BCUT2D eigenvalue weighted by Crippen LogP contribution is -2.16. The molecule has 1 N–H and O–H groups in total. The van der Waals surface area contributed by atoms with Crippen LogP contribution < -0.4 is 10.1 Å². The molecular formula is C26H27F2N3O3. The molecule has 3 rings (SSSR count). The normalized spacial score (nSPS) is 11.1. The Morgan fingerprint density at radius 2 is 1.82 bits per heavy atom. The minimum Gasteiger partial charge on any atom is -0.494 e. The Kier molecular flexibility index (Phi) is 7.61. The highest BCUT2D eigenvalue weighted by Gasteiger charge is 2.30. The van der Waals surface area contributed by atoms with E-state index in [4.69, 9.17) is 9.47 Å². The number of aryl methyl sites for hydroxylation is 1. The summed E-state index contributed by atoms with van der Waals surface area (Å²) in [7, 11) is 1.27. The molecule has 0 aliphatic rings. The van der Waals surface area contributed by atoms with Gasteiger partial charge in [-0.1, -0.05) is 30.8 Å². The maximum atomic E-state index is 13.8. The van der Waals surface area contributed by atoms with Crippen molar-refractivity contribution in [3.63, 3.8) is 0 Å². The number of ether oxygens (including phenoxy) is 2. The molecule has 0 radical (unpaired) electrons. The number of methoxy groups -OCH3 is 1. The highest BCUT2D eigenvalue weighted by Crippen LogP contribution is 2.34. The lowest BCUT2D eigenvalue weighted by atomic mass is 10.0. The molecule has 6 nitrogen and oxygen atoms in total. The van der Waals surface area contributed by atoms with E-state index < -0.39 is 11.5 Å². The lowest BCUT2D eigenvalue weighted by Gasteiger charge is -2.15. The van der Waals surface area contributed by atoms with Gasteiger partial charge in [0.05, 0.1) is 37.6 Å². The number of nitrogens with one attached hydrogen (secondary N) is 1. The molecule has 8 heteroatoms. The molecule has 0 saturated carbocycles. The van der Waals surface area contributed by atoms with Gasteiger partial charge in [-0.2, -0.15) is 0 Å². The largest absolute Gasteiger partial charge is 0.494 e. The predicted molar refractivity (Wildman–Crippen MR) is 128 cm³/mol. The summed E-state index contributed by atoms with van der Waals surface area (Å²) in [6.45, 7) is 9.03. The SMILES string of the molecule is C=C(OCC)c1cc(-c2ccc(CC(=O)Nc3cnc(OC)c(C(C)(F)F)c3)cc2)cnc1C. The third kappa shape index (κ3) is 5.95. The van der Waals surface area contributed by atoms with Crippen LogP contribution in [-0.2, 0) is 21.9 Å². The number of aromatic nitrogens is 2. The fraction of sp³-hybridized carbons (Fsp3) is 0.269. The van der Waals surface area contributed by atoms with Crippen molar-refractivity contribution in [2.75, 3.05) is 19.0 Å². The highest BCUT2D eigenvalue weighted by molar-refractivity contribution is 5.92. The second-order valence-corrected chi connectivity index (χ2v) is 7.80. The first kappa shape index (κ1) is 24.8. The highest BCUT2D eigenvalue weighted by atomic mass is 19.3. The molecule has 0 fully saturated rings. The molecule has 0 saturated heterocycles. The molecule has 0 atom stereocenters. The second-order valence-electron chi connectivity index (χ2n) is 7.80. The van der Waals surface area contributed by atoms with Crippen LogP contribution in [0.25, 0.3) is 16.9 Å².